The Bertz CT molecular complexity index is 1150. The first-order valence-corrected chi connectivity index (χ1v) is 12.2. The van der Waals surface area contributed by atoms with E-state index in [2.05, 4.69) is 0 Å². The molecule has 0 aliphatic rings. The van der Waals surface area contributed by atoms with Gasteiger partial charge in [-0.15, -0.1) is 0 Å². The van der Waals surface area contributed by atoms with Gasteiger partial charge in [0.25, 0.3) is 0 Å². The van der Waals surface area contributed by atoms with E-state index >= 15 is 0 Å². The van der Waals surface area contributed by atoms with Gasteiger partial charge in [0.2, 0.25) is 0 Å². The van der Waals surface area contributed by atoms with Gasteiger partial charge in [-0.05, 0) is 92.1 Å². The van der Waals surface area contributed by atoms with Crippen LogP contribution in [0.1, 0.15) is 40.0 Å². The maximum Gasteiger partial charge on any atom is 0.343 e. The zero-order chi connectivity index (χ0) is 25.7. The molecule has 0 spiro atoms. The van der Waals surface area contributed by atoms with Crippen molar-refractivity contribution in [3.05, 3.63) is 120 Å². The van der Waals surface area contributed by atoms with Crippen molar-refractivity contribution >= 4 is 11.9 Å². The maximum absolute atomic E-state index is 12.2. The van der Waals surface area contributed by atoms with Crippen molar-refractivity contribution in [2.24, 2.45) is 0 Å². The van der Waals surface area contributed by atoms with Gasteiger partial charge in [-0.25, -0.2) is 9.59 Å². The fourth-order valence-electron chi connectivity index (χ4n) is 3.44. The van der Waals surface area contributed by atoms with E-state index in [1.807, 2.05) is 36.4 Å². The van der Waals surface area contributed by atoms with Crippen molar-refractivity contribution in [1.82, 2.24) is 0 Å². The molecule has 0 fully saturated rings. The van der Waals surface area contributed by atoms with Crippen molar-refractivity contribution in [3.63, 3.8) is 0 Å². The highest BCUT2D eigenvalue weighted by Crippen LogP contribution is 2.18. The maximum atomic E-state index is 12.2. The summed E-state index contributed by atoms with van der Waals surface area (Å²) in [5.41, 5.74) is 0.934. The van der Waals surface area contributed by atoms with Crippen molar-refractivity contribution in [3.8, 4) is 23.0 Å². The summed E-state index contributed by atoms with van der Waals surface area (Å²) < 4.78 is 22.2. The first kappa shape index (κ1) is 25.5. The topological polar surface area (TPSA) is 71.1 Å². The fourth-order valence-corrected chi connectivity index (χ4v) is 3.44. The zero-order valence-corrected chi connectivity index (χ0v) is 20.4. The van der Waals surface area contributed by atoms with Crippen molar-refractivity contribution in [1.29, 1.82) is 0 Å². The molecule has 0 aliphatic carbocycles. The summed E-state index contributed by atoms with van der Waals surface area (Å²) in [5.74, 6) is 1.63. The molecule has 0 saturated heterocycles. The van der Waals surface area contributed by atoms with Gasteiger partial charge in [-0.3, -0.25) is 0 Å². The number of rotatable bonds is 12. The van der Waals surface area contributed by atoms with E-state index in [1.54, 1.807) is 72.8 Å². The Hall–Kier alpha value is -4.58. The highest BCUT2D eigenvalue weighted by Gasteiger charge is 2.09. The highest BCUT2D eigenvalue weighted by atomic mass is 16.5. The predicted molar refractivity (Wildman–Crippen MR) is 141 cm³/mol. The van der Waals surface area contributed by atoms with Crippen LogP contribution in [0.5, 0.6) is 23.0 Å². The predicted octanol–water partition coefficient (Wildman–Crippen LogP) is 6.75. The number of ether oxygens (including phenoxy) is 4. The Kier molecular flexibility index (Phi) is 9.30. The van der Waals surface area contributed by atoms with Gasteiger partial charge in [0, 0.05) is 0 Å². The quantitative estimate of drug-likeness (QED) is 0.123. The number of hydrogen-bond donors (Lipinski definition) is 0. The summed E-state index contributed by atoms with van der Waals surface area (Å²) in [6.07, 6.45) is 2.71. The Morgan fingerprint density at radius 1 is 0.432 bits per heavy atom. The molecule has 0 saturated carbocycles. The molecule has 6 nitrogen and oxygen atoms in total. The second-order valence-corrected chi connectivity index (χ2v) is 8.21. The number of unbranched alkanes of at least 4 members (excludes halogenated alkanes) is 2. The van der Waals surface area contributed by atoms with Crippen LogP contribution in [0.3, 0.4) is 0 Å². The molecule has 0 bridgehead atoms. The molecule has 4 aromatic rings. The lowest BCUT2D eigenvalue weighted by molar-refractivity contribution is 0.0725. The fraction of sp³-hybridized carbons (Fsp3) is 0.161. The van der Waals surface area contributed by atoms with Crippen LogP contribution in [0.4, 0.5) is 0 Å². The zero-order valence-electron chi connectivity index (χ0n) is 20.4. The molecule has 37 heavy (non-hydrogen) atoms. The summed E-state index contributed by atoms with van der Waals surface area (Å²) in [5, 5.41) is 0. The van der Waals surface area contributed by atoms with Gasteiger partial charge in [0.05, 0.1) is 24.3 Å². The molecular weight excluding hydrogens is 468 g/mol. The molecule has 0 N–H and O–H groups in total. The summed E-state index contributed by atoms with van der Waals surface area (Å²) in [7, 11) is 0. The van der Waals surface area contributed by atoms with Crippen molar-refractivity contribution in [2.45, 2.75) is 19.3 Å². The first-order chi connectivity index (χ1) is 18.2. The molecule has 0 unspecified atom stereocenters. The smallest absolute Gasteiger partial charge is 0.343 e. The van der Waals surface area contributed by atoms with Crippen LogP contribution in [-0.2, 0) is 0 Å². The Labute approximate surface area is 216 Å². The SMILES string of the molecule is O=C(Oc1ccccc1)c1ccc(OCCCCCOc2ccc(C(=O)Oc3ccccc3)cc2)cc1. The Morgan fingerprint density at radius 3 is 1.19 bits per heavy atom. The van der Waals surface area contributed by atoms with Crippen LogP contribution in [0, 0.1) is 0 Å². The summed E-state index contributed by atoms with van der Waals surface area (Å²) in [6, 6.07) is 31.8. The second-order valence-electron chi connectivity index (χ2n) is 8.21. The van der Waals surface area contributed by atoms with E-state index in [-0.39, 0.29) is 0 Å². The minimum Gasteiger partial charge on any atom is -0.494 e. The Balaban J connectivity index is 1.09. The number of carbonyl (C=O) groups excluding carboxylic acids is 2. The average molecular weight is 497 g/mol. The van der Waals surface area contributed by atoms with E-state index < -0.39 is 11.9 Å². The molecule has 4 aromatic carbocycles. The molecule has 0 atom stereocenters. The van der Waals surface area contributed by atoms with Gasteiger partial charge < -0.3 is 18.9 Å². The molecule has 0 amide bonds. The number of esters is 2. The third-order valence-electron chi connectivity index (χ3n) is 5.41. The standard InChI is InChI=1S/C31H28O6/c32-30(36-28-10-4-1-5-11-28)24-14-18-26(19-15-24)34-22-8-3-9-23-35-27-20-16-25(17-21-27)31(33)37-29-12-6-2-7-13-29/h1-2,4-7,10-21H,3,8-9,22-23H2. The molecule has 0 radical (unpaired) electrons. The van der Waals surface area contributed by atoms with Crippen LogP contribution >= 0.6 is 0 Å². The number of para-hydroxylation sites is 2. The third kappa shape index (κ3) is 8.25. The van der Waals surface area contributed by atoms with Gasteiger partial charge in [-0.2, -0.15) is 0 Å². The van der Waals surface area contributed by atoms with Gasteiger partial charge in [-0.1, -0.05) is 36.4 Å². The van der Waals surface area contributed by atoms with Crippen LogP contribution in [-0.4, -0.2) is 25.2 Å². The summed E-state index contributed by atoms with van der Waals surface area (Å²) in [4.78, 5) is 24.4. The molecule has 6 heteroatoms. The molecule has 4 rings (SSSR count). The molecule has 188 valence electrons. The first-order valence-electron chi connectivity index (χ1n) is 12.2. The largest absolute Gasteiger partial charge is 0.494 e. The normalized spacial score (nSPS) is 10.4. The molecule has 0 heterocycles. The lowest BCUT2D eigenvalue weighted by atomic mass is 10.2. The monoisotopic (exact) mass is 496 g/mol. The number of hydrogen-bond acceptors (Lipinski definition) is 6. The van der Waals surface area contributed by atoms with Crippen molar-refractivity contribution in [2.75, 3.05) is 13.2 Å². The molecule has 0 aromatic heterocycles. The van der Waals surface area contributed by atoms with Crippen molar-refractivity contribution < 1.29 is 28.5 Å². The van der Waals surface area contributed by atoms with E-state index in [9.17, 15) is 9.59 Å². The van der Waals surface area contributed by atoms with E-state index in [0.29, 0.717) is 47.3 Å². The number of carbonyl (C=O) groups is 2. The lowest BCUT2D eigenvalue weighted by Crippen LogP contribution is -2.08. The van der Waals surface area contributed by atoms with Gasteiger partial charge in [0.1, 0.15) is 23.0 Å². The molecular formula is C31H28O6. The van der Waals surface area contributed by atoms with Crippen LogP contribution in [0.2, 0.25) is 0 Å². The van der Waals surface area contributed by atoms with E-state index in [0.717, 1.165) is 19.3 Å². The molecule has 0 aliphatic heterocycles. The highest BCUT2D eigenvalue weighted by molar-refractivity contribution is 5.91. The van der Waals surface area contributed by atoms with Crippen LogP contribution < -0.4 is 18.9 Å². The summed E-state index contributed by atoms with van der Waals surface area (Å²) >= 11 is 0. The van der Waals surface area contributed by atoms with Crippen LogP contribution in [0.25, 0.3) is 0 Å². The van der Waals surface area contributed by atoms with E-state index in [4.69, 9.17) is 18.9 Å². The average Bonchev–Trinajstić information content (AvgIpc) is 2.94. The number of benzene rings is 4. The Morgan fingerprint density at radius 2 is 0.811 bits per heavy atom. The van der Waals surface area contributed by atoms with E-state index in [1.165, 1.54) is 0 Å². The summed E-state index contributed by atoms with van der Waals surface area (Å²) in [6.45, 7) is 1.15. The van der Waals surface area contributed by atoms with Crippen LogP contribution in [0.15, 0.2) is 109 Å². The van der Waals surface area contributed by atoms with Gasteiger partial charge in [0.15, 0.2) is 0 Å². The van der Waals surface area contributed by atoms with Gasteiger partial charge >= 0.3 is 11.9 Å². The lowest BCUT2D eigenvalue weighted by Gasteiger charge is -2.09. The third-order valence-corrected chi connectivity index (χ3v) is 5.41. The minimum absolute atomic E-state index is 0.403. The minimum atomic E-state index is -0.403. The second kappa shape index (κ2) is 13.5.